The van der Waals surface area contributed by atoms with E-state index in [1.807, 2.05) is 6.08 Å². The predicted molar refractivity (Wildman–Crippen MR) is 47.3 cm³/mol. The summed E-state index contributed by atoms with van der Waals surface area (Å²) in [4.78, 5) is 0. The second-order valence-electron chi connectivity index (χ2n) is 4.02. The van der Waals surface area contributed by atoms with Gasteiger partial charge in [-0.3, -0.25) is 0 Å². The van der Waals surface area contributed by atoms with Crippen molar-refractivity contribution in [1.82, 2.24) is 0 Å². The van der Waals surface area contributed by atoms with Gasteiger partial charge in [0, 0.05) is 5.41 Å². The highest BCUT2D eigenvalue weighted by Crippen LogP contribution is 2.39. The first-order valence-corrected chi connectivity index (χ1v) is 4.42. The molecule has 0 aromatic carbocycles. The van der Waals surface area contributed by atoms with E-state index in [1.54, 1.807) is 0 Å². The van der Waals surface area contributed by atoms with Crippen molar-refractivity contribution in [3.8, 4) is 0 Å². The Morgan fingerprint density at radius 2 is 2.27 bits per heavy atom. The van der Waals surface area contributed by atoms with Crippen LogP contribution in [0.4, 0.5) is 0 Å². The van der Waals surface area contributed by atoms with Gasteiger partial charge in [0.15, 0.2) is 0 Å². The molecular formula is C10H18O. The molecule has 1 fully saturated rings. The largest absolute Gasteiger partial charge is 0.392 e. The Morgan fingerprint density at radius 1 is 1.64 bits per heavy atom. The molecule has 1 nitrogen and oxygen atoms in total. The van der Waals surface area contributed by atoms with Crippen LogP contribution < -0.4 is 0 Å². The smallest absolute Gasteiger partial charge is 0.0653 e. The van der Waals surface area contributed by atoms with Crippen LogP contribution in [0.2, 0.25) is 0 Å². The summed E-state index contributed by atoms with van der Waals surface area (Å²) in [5, 5.41) is 9.83. The molecule has 0 aromatic rings. The summed E-state index contributed by atoms with van der Waals surface area (Å²) >= 11 is 0. The van der Waals surface area contributed by atoms with Crippen molar-refractivity contribution in [2.24, 2.45) is 11.3 Å². The molecule has 0 amide bonds. The topological polar surface area (TPSA) is 20.2 Å². The van der Waals surface area contributed by atoms with Gasteiger partial charge in [-0.15, -0.1) is 6.58 Å². The van der Waals surface area contributed by atoms with Crippen LogP contribution in [0.3, 0.4) is 0 Å². The zero-order chi connectivity index (χ0) is 8.48. The van der Waals surface area contributed by atoms with Crippen molar-refractivity contribution in [2.75, 3.05) is 0 Å². The molecule has 0 aromatic heterocycles. The molecule has 3 atom stereocenters. The van der Waals surface area contributed by atoms with E-state index in [2.05, 4.69) is 20.4 Å². The number of hydrogen-bond donors (Lipinski definition) is 1. The average Bonchev–Trinajstić information content (AvgIpc) is 2.00. The minimum Gasteiger partial charge on any atom is -0.392 e. The van der Waals surface area contributed by atoms with Gasteiger partial charge in [-0.1, -0.05) is 26.3 Å². The van der Waals surface area contributed by atoms with E-state index < -0.39 is 0 Å². The highest BCUT2D eigenvalue weighted by Gasteiger charge is 2.36. The molecule has 1 saturated carbocycles. The number of rotatable bonds is 1. The van der Waals surface area contributed by atoms with E-state index in [-0.39, 0.29) is 11.5 Å². The van der Waals surface area contributed by atoms with Gasteiger partial charge < -0.3 is 5.11 Å². The highest BCUT2D eigenvalue weighted by molar-refractivity contribution is 5.00. The van der Waals surface area contributed by atoms with Crippen LogP contribution in [0.15, 0.2) is 12.7 Å². The molecular weight excluding hydrogens is 136 g/mol. The van der Waals surface area contributed by atoms with Crippen LogP contribution in [-0.2, 0) is 0 Å². The quantitative estimate of drug-likeness (QED) is 0.575. The minimum absolute atomic E-state index is 0.0301. The molecule has 0 saturated heterocycles. The van der Waals surface area contributed by atoms with Crippen LogP contribution >= 0.6 is 0 Å². The summed E-state index contributed by atoms with van der Waals surface area (Å²) < 4.78 is 0. The zero-order valence-electron chi connectivity index (χ0n) is 7.51. The molecule has 1 aliphatic rings. The molecule has 11 heavy (non-hydrogen) atoms. The fourth-order valence-corrected chi connectivity index (χ4v) is 1.98. The first-order chi connectivity index (χ1) is 5.10. The molecule has 1 rings (SSSR count). The van der Waals surface area contributed by atoms with E-state index in [4.69, 9.17) is 0 Å². The van der Waals surface area contributed by atoms with Gasteiger partial charge >= 0.3 is 0 Å². The summed E-state index contributed by atoms with van der Waals surface area (Å²) in [7, 11) is 0. The van der Waals surface area contributed by atoms with Gasteiger partial charge in [0.2, 0.25) is 0 Å². The molecule has 0 heterocycles. The van der Waals surface area contributed by atoms with E-state index in [1.165, 1.54) is 6.42 Å². The number of hydrogen-bond acceptors (Lipinski definition) is 1. The van der Waals surface area contributed by atoms with Crippen LogP contribution in [-0.4, -0.2) is 11.2 Å². The van der Waals surface area contributed by atoms with Crippen molar-refractivity contribution in [1.29, 1.82) is 0 Å². The van der Waals surface area contributed by atoms with Crippen molar-refractivity contribution >= 4 is 0 Å². The maximum absolute atomic E-state index is 9.83. The molecule has 0 aliphatic heterocycles. The Hall–Kier alpha value is -0.300. The Labute approximate surface area is 69.1 Å². The molecule has 0 radical (unpaired) electrons. The molecule has 1 heteroatoms. The molecule has 0 spiro atoms. The van der Waals surface area contributed by atoms with Crippen molar-refractivity contribution in [3.05, 3.63) is 12.7 Å². The molecule has 1 N–H and O–H groups in total. The van der Waals surface area contributed by atoms with Gasteiger partial charge in [-0.2, -0.15) is 0 Å². The van der Waals surface area contributed by atoms with Gasteiger partial charge in [-0.05, 0) is 18.8 Å². The standard InChI is InChI=1S/C10H18O/c1-4-10(3)7-5-6-8(2)9(10)11/h4,8-9,11H,1,5-7H2,2-3H3/t8-,9-,10+/m0/s1. The number of aliphatic hydroxyl groups is 1. The third kappa shape index (κ3) is 1.48. The molecule has 0 unspecified atom stereocenters. The lowest BCUT2D eigenvalue weighted by atomic mass is 9.69. The van der Waals surface area contributed by atoms with Gasteiger partial charge in [-0.25, -0.2) is 0 Å². The lowest BCUT2D eigenvalue weighted by Gasteiger charge is -2.39. The lowest BCUT2D eigenvalue weighted by Crippen LogP contribution is -2.39. The van der Waals surface area contributed by atoms with Crippen LogP contribution in [0.5, 0.6) is 0 Å². The van der Waals surface area contributed by atoms with Crippen LogP contribution in [0.25, 0.3) is 0 Å². The maximum atomic E-state index is 9.83. The summed E-state index contributed by atoms with van der Waals surface area (Å²) in [5.74, 6) is 0.437. The van der Waals surface area contributed by atoms with Crippen LogP contribution in [0.1, 0.15) is 33.1 Å². The number of aliphatic hydroxyl groups excluding tert-OH is 1. The fourth-order valence-electron chi connectivity index (χ4n) is 1.98. The van der Waals surface area contributed by atoms with Gasteiger partial charge in [0.1, 0.15) is 0 Å². The van der Waals surface area contributed by atoms with Crippen molar-refractivity contribution in [2.45, 2.75) is 39.2 Å². The summed E-state index contributed by atoms with van der Waals surface area (Å²) in [6, 6.07) is 0. The zero-order valence-corrected chi connectivity index (χ0v) is 7.51. The predicted octanol–water partition coefficient (Wildman–Crippen LogP) is 2.36. The third-order valence-electron chi connectivity index (χ3n) is 3.06. The molecule has 1 aliphatic carbocycles. The summed E-state index contributed by atoms with van der Waals surface area (Å²) in [5.41, 5.74) is -0.0301. The molecule has 64 valence electrons. The maximum Gasteiger partial charge on any atom is 0.0653 e. The monoisotopic (exact) mass is 154 g/mol. The Balaban J connectivity index is 2.72. The fraction of sp³-hybridized carbons (Fsp3) is 0.800. The minimum atomic E-state index is -0.186. The third-order valence-corrected chi connectivity index (χ3v) is 3.06. The molecule has 0 bridgehead atoms. The second-order valence-corrected chi connectivity index (χ2v) is 4.02. The Morgan fingerprint density at radius 3 is 2.73 bits per heavy atom. The highest BCUT2D eigenvalue weighted by atomic mass is 16.3. The first-order valence-electron chi connectivity index (χ1n) is 4.42. The van der Waals surface area contributed by atoms with E-state index in [9.17, 15) is 5.11 Å². The van der Waals surface area contributed by atoms with E-state index in [0.29, 0.717) is 5.92 Å². The summed E-state index contributed by atoms with van der Waals surface area (Å²) in [6.07, 6.45) is 5.19. The SMILES string of the molecule is C=C[C@]1(C)CCC[C@H](C)[C@@H]1O. The van der Waals surface area contributed by atoms with Crippen molar-refractivity contribution in [3.63, 3.8) is 0 Å². The Bertz CT molecular complexity index is 153. The van der Waals surface area contributed by atoms with E-state index in [0.717, 1.165) is 12.8 Å². The summed E-state index contributed by atoms with van der Waals surface area (Å²) in [6.45, 7) is 8.00. The second kappa shape index (κ2) is 2.98. The van der Waals surface area contributed by atoms with Crippen LogP contribution in [0, 0.1) is 11.3 Å². The van der Waals surface area contributed by atoms with Crippen molar-refractivity contribution < 1.29 is 5.11 Å². The Kier molecular flexibility index (Phi) is 2.38. The lowest BCUT2D eigenvalue weighted by molar-refractivity contribution is -0.00816. The van der Waals surface area contributed by atoms with Gasteiger partial charge in [0.25, 0.3) is 0 Å². The van der Waals surface area contributed by atoms with E-state index >= 15 is 0 Å². The first kappa shape index (κ1) is 8.79. The van der Waals surface area contributed by atoms with Gasteiger partial charge in [0.05, 0.1) is 6.10 Å². The average molecular weight is 154 g/mol. The normalized spacial score (nSPS) is 45.4.